The number of alkyl carbamates (subject to hydrolysis) is 1. The molecule has 2 heterocycles. The third-order valence-corrected chi connectivity index (χ3v) is 8.78. The van der Waals surface area contributed by atoms with Crippen LogP contribution in [0.1, 0.15) is 89.1 Å². The molecule has 2 atom stereocenters. The number of aryl methyl sites for hydroxylation is 1. The molecule has 0 spiro atoms. The van der Waals surface area contributed by atoms with Crippen molar-refractivity contribution in [3.05, 3.63) is 77.6 Å². The van der Waals surface area contributed by atoms with Gasteiger partial charge in [0.15, 0.2) is 0 Å². The number of amides is 2. The molecule has 1 saturated heterocycles. The van der Waals surface area contributed by atoms with Crippen molar-refractivity contribution in [1.29, 1.82) is 0 Å². The van der Waals surface area contributed by atoms with Crippen LogP contribution in [0.4, 0.5) is 4.79 Å². The Morgan fingerprint density at radius 3 is 2.57 bits per heavy atom. The van der Waals surface area contributed by atoms with Gasteiger partial charge in [0, 0.05) is 51.7 Å². The molecule has 0 radical (unpaired) electrons. The van der Waals surface area contributed by atoms with Gasteiger partial charge in [-0.05, 0) is 86.4 Å². The maximum atomic E-state index is 13.9. The summed E-state index contributed by atoms with van der Waals surface area (Å²) in [5, 5.41) is 5.31. The van der Waals surface area contributed by atoms with E-state index in [0.717, 1.165) is 59.0 Å². The molecule has 0 saturated carbocycles. The molecule has 8 heteroatoms. The molecule has 8 nitrogen and oxygen atoms in total. The van der Waals surface area contributed by atoms with Gasteiger partial charge < -0.3 is 24.3 Å². The molecule has 1 N–H and O–H groups in total. The second-order valence-electron chi connectivity index (χ2n) is 14.0. The van der Waals surface area contributed by atoms with Crippen molar-refractivity contribution in [2.45, 2.75) is 96.7 Å². The Labute approximate surface area is 273 Å². The highest BCUT2D eigenvalue weighted by molar-refractivity contribution is 5.83. The lowest BCUT2D eigenvalue weighted by Crippen LogP contribution is -2.46. The number of carbonyl (C=O) groups excluding carboxylic acids is 2. The van der Waals surface area contributed by atoms with Crippen LogP contribution < -0.4 is 5.32 Å². The average molecular weight is 627 g/mol. The molecule has 1 aromatic heterocycles. The summed E-state index contributed by atoms with van der Waals surface area (Å²) >= 11 is 0. The summed E-state index contributed by atoms with van der Waals surface area (Å²) in [4.78, 5) is 33.9. The molecule has 4 aromatic rings. The van der Waals surface area contributed by atoms with Gasteiger partial charge in [-0.1, -0.05) is 62.4 Å². The van der Waals surface area contributed by atoms with Crippen LogP contribution in [0.5, 0.6) is 0 Å². The van der Waals surface area contributed by atoms with Crippen LogP contribution in [-0.2, 0) is 27.2 Å². The number of nitrogens with zero attached hydrogens (tertiary/aromatic N) is 3. The first-order valence-corrected chi connectivity index (χ1v) is 16.7. The van der Waals surface area contributed by atoms with Gasteiger partial charge in [0.2, 0.25) is 5.91 Å². The van der Waals surface area contributed by atoms with Gasteiger partial charge >= 0.3 is 6.09 Å². The number of nitrogens with one attached hydrogen (secondary N) is 1. The van der Waals surface area contributed by atoms with E-state index in [2.05, 4.69) is 72.3 Å². The molecule has 46 heavy (non-hydrogen) atoms. The molecular weight excluding hydrogens is 576 g/mol. The first-order valence-electron chi connectivity index (χ1n) is 16.7. The van der Waals surface area contributed by atoms with Gasteiger partial charge in [-0.15, -0.1) is 0 Å². The van der Waals surface area contributed by atoms with Crippen LogP contribution in [-0.4, -0.2) is 64.9 Å². The smallest absolute Gasteiger partial charge is 0.407 e. The Hall–Kier alpha value is -3.91. The van der Waals surface area contributed by atoms with E-state index in [1.807, 2.05) is 37.8 Å². The molecule has 2 unspecified atom stereocenters. The highest BCUT2D eigenvalue weighted by atomic mass is 16.6. The van der Waals surface area contributed by atoms with Crippen LogP contribution >= 0.6 is 0 Å². The predicted molar refractivity (Wildman–Crippen MR) is 184 cm³/mol. The maximum absolute atomic E-state index is 13.9. The summed E-state index contributed by atoms with van der Waals surface area (Å²) < 4.78 is 13.3. The van der Waals surface area contributed by atoms with Crippen molar-refractivity contribution >= 4 is 33.8 Å². The maximum Gasteiger partial charge on any atom is 0.407 e. The van der Waals surface area contributed by atoms with E-state index in [9.17, 15) is 9.59 Å². The molecular formula is C38H50N4O4. The number of imidazole rings is 1. The molecule has 1 aliphatic rings. The first-order chi connectivity index (χ1) is 22.0. The lowest BCUT2D eigenvalue weighted by Gasteiger charge is -2.34. The fraction of sp³-hybridized carbons (Fsp3) is 0.500. The normalized spacial score (nSPS) is 16.2. The Bertz CT molecular complexity index is 1650. The fourth-order valence-corrected chi connectivity index (χ4v) is 6.48. The zero-order chi connectivity index (χ0) is 32.8. The number of fused-ring (bicyclic) bond motifs is 2. The van der Waals surface area contributed by atoms with Gasteiger partial charge in [-0.3, -0.25) is 4.79 Å². The Balaban J connectivity index is 1.35. The minimum absolute atomic E-state index is 0.0377. The zero-order valence-electron chi connectivity index (χ0n) is 28.3. The van der Waals surface area contributed by atoms with Crippen LogP contribution in [0.15, 0.2) is 60.7 Å². The van der Waals surface area contributed by atoms with E-state index < -0.39 is 17.7 Å². The second-order valence-corrected chi connectivity index (χ2v) is 14.0. The summed E-state index contributed by atoms with van der Waals surface area (Å²) in [5.74, 6) is 1.64. The largest absolute Gasteiger partial charge is 0.444 e. The number of ether oxygens (including phenoxy) is 2. The van der Waals surface area contributed by atoms with E-state index in [0.29, 0.717) is 32.0 Å². The summed E-state index contributed by atoms with van der Waals surface area (Å²) in [7, 11) is 1.74. The summed E-state index contributed by atoms with van der Waals surface area (Å²) in [6.07, 6.45) is 2.99. The van der Waals surface area contributed by atoms with Crippen LogP contribution in [0.25, 0.3) is 21.8 Å². The number of carbonyl (C=O) groups is 2. The Morgan fingerprint density at radius 1 is 1.04 bits per heavy atom. The number of hydrogen-bond donors (Lipinski definition) is 1. The Morgan fingerprint density at radius 2 is 1.83 bits per heavy atom. The van der Waals surface area contributed by atoms with Crippen molar-refractivity contribution < 1.29 is 19.1 Å². The third-order valence-electron chi connectivity index (χ3n) is 8.78. The van der Waals surface area contributed by atoms with E-state index in [4.69, 9.17) is 14.5 Å². The quantitative estimate of drug-likeness (QED) is 0.174. The summed E-state index contributed by atoms with van der Waals surface area (Å²) in [6, 6.07) is 20.7. The van der Waals surface area contributed by atoms with Gasteiger partial charge in [0.25, 0.3) is 0 Å². The fourth-order valence-electron chi connectivity index (χ4n) is 6.48. The van der Waals surface area contributed by atoms with Crippen LogP contribution in [0.2, 0.25) is 0 Å². The van der Waals surface area contributed by atoms with E-state index in [-0.39, 0.29) is 18.2 Å². The zero-order valence-corrected chi connectivity index (χ0v) is 28.3. The summed E-state index contributed by atoms with van der Waals surface area (Å²) in [5.41, 5.74) is 3.87. The lowest BCUT2D eigenvalue weighted by atomic mass is 9.95. The molecule has 1 aliphatic heterocycles. The summed E-state index contributed by atoms with van der Waals surface area (Å²) in [6.45, 7) is 12.8. The predicted octanol–water partition coefficient (Wildman–Crippen LogP) is 7.58. The Kier molecular flexibility index (Phi) is 10.7. The van der Waals surface area contributed by atoms with Gasteiger partial charge in [0.1, 0.15) is 11.4 Å². The SMILES string of the molecule is COCCCn1c(C2CCCN(C(=O)CC(Cc3ccc4ccccc4c3)NC(=O)OC(C)(C)C)C2)nc2ccc(C(C)C)cc21. The molecule has 5 rings (SSSR count). The lowest BCUT2D eigenvalue weighted by molar-refractivity contribution is -0.132. The minimum Gasteiger partial charge on any atom is -0.444 e. The van der Waals surface area contributed by atoms with Gasteiger partial charge in [-0.2, -0.15) is 0 Å². The number of rotatable bonds is 11. The minimum atomic E-state index is -0.633. The number of methoxy groups -OCH3 is 1. The van der Waals surface area contributed by atoms with E-state index >= 15 is 0 Å². The van der Waals surface area contributed by atoms with Crippen molar-refractivity contribution in [2.75, 3.05) is 26.8 Å². The molecule has 0 aliphatic carbocycles. The van der Waals surface area contributed by atoms with Gasteiger partial charge in [0.05, 0.1) is 11.0 Å². The molecule has 246 valence electrons. The average Bonchev–Trinajstić information content (AvgIpc) is 3.38. The topological polar surface area (TPSA) is 85.7 Å². The van der Waals surface area contributed by atoms with Gasteiger partial charge in [-0.25, -0.2) is 9.78 Å². The number of hydrogen-bond acceptors (Lipinski definition) is 5. The van der Waals surface area contributed by atoms with Crippen molar-refractivity contribution in [2.24, 2.45) is 0 Å². The molecule has 0 bridgehead atoms. The molecule has 1 fully saturated rings. The molecule has 3 aromatic carbocycles. The van der Waals surface area contributed by atoms with Crippen molar-refractivity contribution in [3.8, 4) is 0 Å². The number of aromatic nitrogens is 2. The molecule has 2 amide bonds. The van der Waals surface area contributed by atoms with Crippen molar-refractivity contribution in [1.82, 2.24) is 19.8 Å². The number of piperidine rings is 1. The highest BCUT2D eigenvalue weighted by Crippen LogP contribution is 2.31. The monoisotopic (exact) mass is 626 g/mol. The second kappa shape index (κ2) is 14.7. The first kappa shape index (κ1) is 33.5. The van der Waals surface area contributed by atoms with Crippen LogP contribution in [0.3, 0.4) is 0 Å². The highest BCUT2D eigenvalue weighted by Gasteiger charge is 2.31. The number of likely N-dealkylation sites (tertiary alicyclic amines) is 1. The standard InChI is InChI=1S/C38H50N4O4/c1-26(2)29-16-17-33-34(23-29)42(19-10-20-45-6)36(40-33)31-13-9-18-41(25-31)35(43)24-32(39-37(44)46-38(3,4)5)22-27-14-15-28-11-7-8-12-30(28)21-27/h7-8,11-12,14-17,21,23,26,31-32H,9-10,13,18-20,22,24-25H2,1-6H3,(H,39,44). The van der Waals surface area contributed by atoms with Crippen LogP contribution in [0, 0.1) is 0 Å². The third kappa shape index (κ3) is 8.46. The van der Waals surface area contributed by atoms with Crippen molar-refractivity contribution in [3.63, 3.8) is 0 Å². The van der Waals surface area contributed by atoms with E-state index in [1.54, 1.807) is 7.11 Å². The van der Waals surface area contributed by atoms with E-state index in [1.165, 1.54) is 5.56 Å². The number of benzene rings is 3.